The fourth-order valence-corrected chi connectivity index (χ4v) is 3.27. The molecule has 0 aliphatic rings. The summed E-state index contributed by atoms with van der Waals surface area (Å²) in [6.45, 7) is 8.82. The molecule has 3 nitrogen and oxygen atoms in total. The number of allylic oxidation sites excluding steroid dienone is 1. The third-order valence-electron chi connectivity index (χ3n) is 4.14. The van der Waals surface area contributed by atoms with E-state index in [9.17, 15) is 0 Å². The van der Waals surface area contributed by atoms with Crippen molar-refractivity contribution < 1.29 is 0 Å². The number of hydrogen-bond acceptors (Lipinski definition) is 2. The highest BCUT2D eigenvalue weighted by molar-refractivity contribution is 9.11. The van der Waals surface area contributed by atoms with E-state index in [1.165, 1.54) is 17.8 Å². The number of aromatic nitrogens is 2. The van der Waals surface area contributed by atoms with Crippen LogP contribution in [0.25, 0.3) is 5.65 Å². The molecule has 0 N–H and O–H groups in total. The molecule has 2 aromatic heterocycles. The number of imidazole rings is 1. The predicted molar refractivity (Wildman–Crippen MR) is 102 cm³/mol. The van der Waals surface area contributed by atoms with E-state index in [2.05, 4.69) is 83.5 Å². The molecule has 0 fully saturated rings. The summed E-state index contributed by atoms with van der Waals surface area (Å²) in [7, 11) is 2.19. The molecule has 1 unspecified atom stereocenters. The molecule has 23 heavy (non-hydrogen) atoms. The maximum absolute atomic E-state index is 4.88. The third-order valence-corrected chi connectivity index (χ3v) is 4.44. The molecule has 0 saturated carbocycles. The first kappa shape index (κ1) is 18.2. The molecule has 1 atom stereocenters. The zero-order valence-corrected chi connectivity index (χ0v) is 16.3. The topological polar surface area (TPSA) is 20.5 Å². The van der Waals surface area contributed by atoms with Gasteiger partial charge in [-0.2, -0.15) is 0 Å². The van der Waals surface area contributed by atoms with Gasteiger partial charge >= 0.3 is 0 Å². The Morgan fingerprint density at radius 2 is 2.09 bits per heavy atom. The Morgan fingerprint density at radius 3 is 2.78 bits per heavy atom. The van der Waals surface area contributed by atoms with Gasteiger partial charge in [0.15, 0.2) is 0 Å². The summed E-state index contributed by atoms with van der Waals surface area (Å²) in [6.07, 6.45) is 6.54. The average molecular weight is 378 g/mol. The van der Waals surface area contributed by atoms with Crippen LogP contribution in [0.15, 0.2) is 35.5 Å². The van der Waals surface area contributed by atoms with Gasteiger partial charge in [0.2, 0.25) is 0 Å². The van der Waals surface area contributed by atoms with Gasteiger partial charge < -0.3 is 9.30 Å². The highest BCUT2D eigenvalue weighted by Gasteiger charge is 2.15. The number of halogens is 1. The summed E-state index contributed by atoms with van der Waals surface area (Å²) >= 11 is 3.39. The molecule has 4 heteroatoms. The highest BCUT2D eigenvalue weighted by atomic mass is 79.9. The van der Waals surface area contributed by atoms with Gasteiger partial charge in [0.25, 0.3) is 0 Å². The third kappa shape index (κ3) is 5.18. The lowest BCUT2D eigenvalue weighted by atomic mass is 10.0. The summed E-state index contributed by atoms with van der Waals surface area (Å²) < 4.78 is 2.24. The van der Waals surface area contributed by atoms with E-state index in [0.717, 1.165) is 31.1 Å². The SMILES string of the molecule is CC(C)CCN(C)Cc1nc2ccccn2c1CC(C)/C=C/Br. The van der Waals surface area contributed by atoms with Crippen LogP contribution < -0.4 is 0 Å². The molecule has 0 bridgehead atoms. The van der Waals surface area contributed by atoms with Crippen molar-refractivity contribution in [2.75, 3.05) is 13.6 Å². The molecule has 2 heterocycles. The monoisotopic (exact) mass is 377 g/mol. The van der Waals surface area contributed by atoms with Gasteiger partial charge in [-0.1, -0.05) is 48.8 Å². The van der Waals surface area contributed by atoms with Crippen LogP contribution in [0.1, 0.15) is 38.6 Å². The maximum atomic E-state index is 4.88. The van der Waals surface area contributed by atoms with Crippen LogP contribution in [0.2, 0.25) is 0 Å². The second-order valence-corrected chi connectivity index (χ2v) is 7.38. The van der Waals surface area contributed by atoms with Gasteiger partial charge in [-0.25, -0.2) is 4.98 Å². The molecule has 0 radical (unpaired) electrons. The van der Waals surface area contributed by atoms with Crippen molar-refractivity contribution in [3.05, 3.63) is 46.8 Å². The number of pyridine rings is 1. The largest absolute Gasteiger partial charge is 0.304 e. The first-order chi connectivity index (χ1) is 11.0. The molecule has 0 amide bonds. The quantitative estimate of drug-likeness (QED) is 0.651. The van der Waals surface area contributed by atoms with E-state index in [1.807, 2.05) is 4.99 Å². The smallest absolute Gasteiger partial charge is 0.137 e. The van der Waals surface area contributed by atoms with Crippen molar-refractivity contribution in [2.24, 2.45) is 11.8 Å². The Hall–Kier alpha value is -1.13. The van der Waals surface area contributed by atoms with Crippen LogP contribution in [0.4, 0.5) is 0 Å². The van der Waals surface area contributed by atoms with E-state index in [1.54, 1.807) is 0 Å². The predicted octanol–water partition coefficient (Wildman–Crippen LogP) is 4.90. The lowest BCUT2D eigenvalue weighted by Crippen LogP contribution is -2.21. The van der Waals surface area contributed by atoms with Crippen LogP contribution in [-0.4, -0.2) is 27.9 Å². The fourth-order valence-electron chi connectivity index (χ4n) is 2.75. The molecule has 0 aliphatic carbocycles. The van der Waals surface area contributed by atoms with Crippen LogP contribution in [0.3, 0.4) is 0 Å². The summed E-state index contributed by atoms with van der Waals surface area (Å²) in [6, 6.07) is 6.22. The summed E-state index contributed by atoms with van der Waals surface area (Å²) in [5.41, 5.74) is 3.58. The zero-order valence-electron chi connectivity index (χ0n) is 14.7. The van der Waals surface area contributed by atoms with E-state index < -0.39 is 0 Å². The second-order valence-electron chi connectivity index (χ2n) is 6.85. The van der Waals surface area contributed by atoms with Crippen molar-refractivity contribution in [3.8, 4) is 0 Å². The minimum absolute atomic E-state index is 0.481. The van der Waals surface area contributed by atoms with E-state index in [-0.39, 0.29) is 0 Å². The Balaban J connectivity index is 2.23. The first-order valence-corrected chi connectivity index (χ1v) is 9.33. The van der Waals surface area contributed by atoms with Crippen molar-refractivity contribution in [1.82, 2.24) is 14.3 Å². The number of fused-ring (bicyclic) bond motifs is 1. The number of rotatable bonds is 8. The Kier molecular flexibility index (Phi) is 6.85. The van der Waals surface area contributed by atoms with Crippen molar-refractivity contribution in [3.63, 3.8) is 0 Å². The normalized spacial score (nSPS) is 13.7. The molecule has 126 valence electrons. The number of nitrogens with zero attached hydrogens (tertiary/aromatic N) is 3. The van der Waals surface area contributed by atoms with Gasteiger partial charge in [0.1, 0.15) is 5.65 Å². The van der Waals surface area contributed by atoms with Crippen LogP contribution in [-0.2, 0) is 13.0 Å². The van der Waals surface area contributed by atoms with Crippen LogP contribution >= 0.6 is 15.9 Å². The van der Waals surface area contributed by atoms with Gasteiger partial charge in [-0.3, -0.25) is 0 Å². The molecule has 0 spiro atoms. The Labute approximate surface area is 148 Å². The molecular formula is C19H28BrN3. The summed E-state index contributed by atoms with van der Waals surface area (Å²) in [5.74, 6) is 1.22. The van der Waals surface area contributed by atoms with E-state index in [0.29, 0.717) is 5.92 Å². The maximum Gasteiger partial charge on any atom is 0.137 e. The highest BCUT2D eigenvalue weighted by Crippen LogP contribution is 2.19. The molecule has 2 aromatic rings. The fraction of sp³-hybridized carbons (Fsp3) is 0.526. The molecule has 2 rings (SSSR count). The first-order valence-electron chi connectivity index (χ1n) is 8.41. The van der Waals surface area contributed by atoms with Crippen molar-refractivity contribution in [2.45, 2.75) is 40.2 Å². The molecular weight excluding hydrogens is 350 g/mol. The molecule has 0 saturated heterocycles. The summed E-state index contributed by atoms with van der Waals surface area (Å²) in [5, 5.41) is 0. The van der Waals surface area contributed by atoms with Crippen LogP contribution in [0.5, 0.6) is 0 Å². The van der Waals surface area contributed by atoms with Crippen molar-refractivity contribution in [1.29, 1.82) is 0 Å². The van der Waals surface area contributed by atoms with Gasteiger partial charge in [0.05, 0.1) is 5.69 Å². The van der Waals surface area contributed by atoms with Gasteiger partial charge in [-0.15, -0.1) is 0 Å². The van der Waals surface area contributed by atoms with Gasteiger partial charge in [-0.05, 0) is 55.4 Å². The minimum atomic E-state index is 0.481. The number of hydrogen-bond donors (Lipinski definition) is 0. The molecule has 0 aliphatic heterocycles. The standard InChI is InChI=1S/C19H28BrN3/c1-15(2)9-12-22(4)14-17-18(13-16(3)8-10-20)23-11-6-5-7-19(23)21-17/h5-8,10-11,15-16H,9,12-14H2,1-4H3/b10-8+. The van der Waals surface area contributed by atoms with E-state index in [4.69, 9.17) is 4.98 Å². The summed E-state index contributed by atoms with van der Waals surface area (Å²) in [4.78, 5) is 9.22. The van der Waals surface area contributed by atoms with Crippen molar-refractivity contribution >= 4 is 21.6 Å². The molecule has 0 aromatic carbocycles. The second kappa shape index (κ2) is 8.65. The Bertz CT molecular complexity index is 645. The van der Waals surface area contributed by atoms with E-state index >= 15 is 0 Å². The minimum Gasteiger partial charge on any atom is -0.304 e. The average Bonchev–Trinajstić information content (AvgIpc) is 2.83. The van der Waals surface area contributed by atoms with Gasteiger partial charge in [0, 0.05) is 18.4 Å². The zero-order chi connectivity index (χ0) is 16.8. The Morgan fingerprint density at radius 1 is 1.30 bits per heavy atom. The lowest BCUT2D eigenvalue weighted by Gasteiger charge is -2.18. The lowest BCUT2D eigenvalue weighted by molar-refractivity contribution is 0.299. The van der Waals surface area contributed by atoms with Crippen LogP contribution in [0, 0.1) is 11.8 Å².